The van der Waals surface area contributed by atoms with Gasteiger partial charge in [0.25, 0.3) is 0 Å². The maximum Gasteiger partial charge on any atom is 0.371 e. The van der Waals surface area contributed by atoms with Crippen molar-refractivity contribution in [1.29, 1.82) is 0 Å². The Morgan fingerprint density at radius 1 is 1.60 bits per heavy atom. The Balaban J connectivity index is 1.80. The van der Waals surface area contributed by atoms with E-state index >= 15 is 0 Å². The molecule has 1 aliphatic heterocycles. The Morgan fingerprint density at radius 2 is 2.40 bits per heavy atom. The molecule has 4 nitrogen and oxygen atoms in total. The largest absolute Gasteiger partial charge is 0.475 e. The molecular weight excluding hydrogens is 274 g/mol. The van der Waals surface area contributed by atoms with Crippen LogP contribution in [0.15, 0.2) is 21.9 Å². The van der Waals surface area contributed by atoms with Crippen molar-refractivity contribution in [3.63, 3.8) is 0 Å². The number of fused-ring (bicyclic) bond motifs is 1. The maximum absolute atomic E-state index is 10.9. The van der Waals surface area contributed by atoms with E-state index in [2.05, 4.69) is 23.3 Å². The van der Waals surface area contributed by atoms with Gasteiger partial charge in [0, 0.05) is 29.6 Å². The molecule has 1 atom stereocenters. The van der Waals surface area contributed by atoms with E-state index in [9.17, 15) is 4.79 Å². The number of carboxylic acid groups (broad SMARTS) is 1. The first-order valence-corrected chi connectivity index (χ1v) is 7.57. The summed E-state index contributed by atoms with van der Waals surface area (Å²) in [6.45, 7) is 5.77. The number of carboxylic acids is 1. The first kappa shape index (κ1) is 13.4. The minimum absolute atomic E-state index is 0.0263. The van der Waals surface area contributed by atoms with Crippen LogP contribution in [-0.2, 0) is 13.0 Å². The van der Waals surface area contributed by atoms with Gasteiger partial charge in [-0.1, -0.05) is 0 Å². The van der Waals surface area contributed by atoms with Crippen molar-refractivity contribution in [2.45, 2.75) is 32.9 Å². The minimum atomic E-state index is -1.01. The van der Waals surface area contributed by atoms with Crippen molar-refractivity contribution in [1.82, 2.24) is 4.90 Å². The highest BCUT2D eigenvalue weighted by Crippen LogP contribution is 2.34. The van der Waals surface area contributed by atoms with Crippen LogP contribution in [0.2, 0.25) is 0 Å². The molecule has 5 heteroatoms. The lowest BCUT2D eigenvalue weighted by molar-refractivity contribution is 0.0661. The zero-order chi connectivity index (χ0) is 14.3. The second-order valence-corrected chi connectivity index (χ2v) is 6.19. The number of hydrogen-bond acceptors (Lipinski definition) is 4. The van der Waals surface area contributed by atoms with Gasteiger partial charge in [-0.15, -0.1) is 11.3 Å². The molecule has 0 spiro atoms. The first-order valence-electron chi connectivity index (χ1n) is 6.69. The number of aryl methyl sites for hydroxylation is 1. The minimum Gasteiger partial charge on any atom is -0.475 e. The van der Waals surface area contributed by atoms with E-state index in [0.717, 1.165) is 25.1 Å². The van der Waals surface area contributed by atoms with Gasteiger partial charge in [-0.25, -0.2) is 4.79 Å². The summed E-state index contributed by atoms with van der Waals surface area (Å²) in [5.41, 5.74) is 2.37. The van der Waals surface area contributed by atoms with E-state index < -0.39 is 5.97 Å². The normalized spacial score (nSPS) is 19.0. The number of thiophene rings is 1. The van der Waals surface area contributed by atoms with E-state index in [1.54, 1.807) is 6.07 Å². The molecule has 0 aromatic carbocycles. The fraction of sp³-hybridized carbons (Fsp3) is 0.400. The number of aromatic carboxylic acids is 1. The SMILES string of the molecule is Cc1oc(C(=O)O)cc1CN1CCc2sccc2C1C. The van der Waals surface area contributed by atoms with Crippen LogP contribution in [-0.4, -0.2) is 22.5 Å². The quantitative estimate of drug-likeness (QED) is 0.941. The molecule has 3 rings (SSSR count). The third kappa shape index (κ3) is 2.27. The van der Waals surface area contributed by atoms with E-state index in [0.29, 0.717) is 11.8 Å². The van der Waals surface area contributed by atoms with Crippen LogP contribution in [0, 0.1) is 6.92 Å². The predicted molar refractivity (Wildman–Crippen MR) is 77.3 cm³/mol. The highest BCUT2D eigenvalue weighted by atomic mass is 32.1. The van der Waals surface area contributed by atoms with E-state index in [1.807, 2.05) is 18.3 Å². The van der Waals surface area contributed by atoms with Crippen molar-refractivity contribution in [2.24, 2.45) is 0 Å². The molecule has 0 fully saturated rings. The van der Waals surface area contributed by atoms with Crippen LogP contribution in [0.1, 0.15) is 45.3 Å². The molecule has 3 heterocycles. The third-order valence-electron chi connectivity index (χ3n) is 4.01. The molecule has 0 aliphatic carbocycles. The predicted octanol–water partition coefficient (Wildman–Crippen LogP) is 3.47. The standard InChI is InChI=1S/C15H17NO3S/c1-9-12-4-6-20-14(12)3-5-16(9)8-11-7-13(15(17)18)19-10(11)2/h4,6-7,9H,3,5,8H2,1-2H3,(H,17,18). The zero-order valence-electron chi connectivity index (χ0n) is 11.5. The summed E-state index contributed by atoms with van der Waals surface area (Å²) in [5, 5.41) is 11.1. The van der Waals surface area contributed by atoms with Gasteiger partial charge in [-0.05, 0) is 43.3 Å². The first-order chi connectivity index (χ1) is 9.56. The molecule has 1 N–H and O–H groups in total. The molecule has 1 aliphatic rings. The summed E-state index contributed by atoms with van der Waals surface area (Å²) in [6, 6.07) is 4.21. The van der Waals surface area contributed by atoms with Gasteiger partial charge in [-0.3, -0.25) is 4.90 Å². The van der Waals surface area contributed by atoms with Gasteiger partial charge in [0.2, 0.25) is 5.76 Å². The Labute approximate surface area is 121 Å². The maximum atomic E-state index is 10.9. The molecule has 0 saturated carbocycles. The molecule has 2 aromatic heterocycles. The van der Waals surface area contributed by atoms with Crippen LogP contribution < -0.4 is 0 Å². The molecule has 0 bridgehead atoms. The second kappa shape index (κ2) is 5.07. The van der Waals surface area contributed by atoms with Crippen molar-refractivity contribution in [2.75, 3.05) is 6.54 Å². The average molecular weight is 291 g/mol. The van der Waals surface area contributed by atoms with Gasteiger partial charge in [-0.2, -0.15) is 0 Å². The molecular formula is C15H17NO3S. The van der Waals surface area contributed by atoms with Crippen LogP contribution in [0.4, 0.5) is 0 Å². The zero-order valence-corrected chi connectivity index (χ0v) is 12.4. The van der Waals surface area contributed by atoms with Gasteiger partial charge in [0.1, 0.15) is 5.76 Å². The number of carbonyl (C=O) groups is 1. The van der Waals surface area contributed by atoms with E-state index in [-0.39, 0.29) is 5.76 Å². The Hall–Kier alpha value is -1.59. The molecule has 0 amide bonds. The summed E-state index contributed by atoms with van der Waals surface area (Å²) in [6.07, 6.45) is 1.07. The lowest BCUT2D eigenvalue weighted by Gasteiger charge is -2.33. The second-order valence-electron chi connectivity index (χ2n) is 5.19. The Morgan fingerprint density at radius 3 is 3.10 bits per heavy atom. The summed E-state index contributed by atoms with van der Waals surface area (Å²) >= 11 is 1.83. The fourth-order valence-electron chi connectivity index (χ4n) is 2.78. The lowest BCUT2D eigenvalue weighted by Crippen LogP contribution is -2.32. The molecule has 20 heavy (non-hydrogen) atoms. The Kier molecular flexibility index (Phi) is 3.40. The molecule has 1 unspecified atom stereocenters. The topological polar surface area (TPSA) is 53.7 Å². The smallest absolute Gasteiger partial charge is 0.371 e. The number of furan rings is 1. The van der Waals surface area contributed by atoms with Crippen LogP contribution in [0.25, 0.3) is 0 Å². The summed E-state index contributed by atoms with van der Waals surface area (Å²) in [4.78, 5) is 14.8. The van der Waals surface area contributed by atoms with Crippen LogP contribution in [0.5, 0.6) is 0 Å². The van der Waals surface area contributed by atoms with Crippen LogP contribution in [0.3, 0.4) is 0 Å². The van der Waals surface area contributed by atoms with Crippen molar-refractivity contribution < 1.29 is 14.3 Å². The molecule has 2 aromatic rings. The molecule has 106 valence electrons. The summed E-state index contributed by atoms with van der Waals surface area (Å²) < 4.78 is 5.28. The number of rotatable bonds is 3. The lowest BCUT2D eigenvalue weighted by atomic mass is 10.0. The average Bonchev–Trinajstić information content (AvgIpc) is 3.00. The van der Waals surface area contributed by atoms with Crippen LogP contribution >= 0.6 is 11.3 Å². The van der Waals surface area contributed by atoms with Gasteiger partial charge < -0.3 is 9.52 Å². The van der Waals surface area contributed by atoms with Gasteiger partial charge in [0.15, 0.2) is 0 Å². The van der Waals surface area contributed by atoms with Crippen molar-refractivity contribution in [3.05, 3.63) is 45.0 Å². The Bertz CT molecular complexity index is 643. The van der Waals surface area contributed by atoms with Gasteiger partial charge >= 0.3 is 5.97 Å². The third-order valence-corrected chi connectivity index (χ3v) is 5.01. The summed E-state index contributed by atoms with van der Waals surface area (Å²) in [5.74, 6) is -0.282. The highest BCUT2D eigenvalue weighted by Gasteiger charge is 2.26. The molecule has 0 radical (unpaired) electrons. The fourth-order valence-corrected chi connectivity index (χ4v) is 3.74. The molecule has 0 saturated heterocycles. The van der Waals surface area contributed by atoms with Gasteiger partial charge in [0.05, 0.1) is 0 Å². The number of hydrogen-bond donors (Lipinski definition) is 1. The van der Waals surface area contributed by atoms with E-state index in [4.69, 9.17) is 9.52 Å². The number of nitrogens with zero attached hydrogens (tertiary/aromatic N) is 1. The van der Waals surface area contributed by atoms with E-state index in [1.165, 1.54) is 10.4 Å². The van der Waals surface area contributed by atoms with Crippen molar-refractivity contribution >= 4 is 17.3 Å². The van der Waals surface area contributed by atoms with Crippen molar-refractivity contribution in [3.8, 4) is 0 Å². The monoisotopic (exact) mass is 291 g/mol. The summed E-state index contributed by atoms with van der Waals surface area (Å²) in [7, 11) is 0. The highest BCUT2D eigenvalue weighted by molar-refractivity contribution is 7.10.